The lowest BCUT2D eigenvalue weighted by atomic mass is 10.1. The fraction of sp³-hybridized carbons (Fsp3) is 0.235. The van der Waals surface area contributed by atoms with Gasteiger partial charge in [0.1, 0.15) is 6.07 Å². The summed E-state index contributed by atoms with van der Waals surface area (Å²) >= 11 is 7.91. The fourth-order valence-electron chi connectivity index (χ4n) is 2.18. The maximum absolute atomic E-state index is 9.43. The highest BCUT2D eigenvalue weighted by Gasteiger charge is 2.13. The molecule has 0 radical (unpaired) electrons. The first-order chi connectivity index (χ1) is 10.2. The van der Waals surface area contributed by atoms with E-state index in [1.807, 2.05) is 49.4 Å². The molecule has 0 saturated heterocycles. The Labute approximate surface area is 135 Å². The molecular weight excluding hydrogens is 300 g/mol. The molecule has 0 fully saturated rings. The number of nitrogens with zero attached hydrogens (tertiary/aromatic N) is 1. The van der Waals surface area contributed by atoms with Crippen LogP contribution in [0.4, 0.5) is 5.69 Å². The minimum absolute atomic E-state index is 0.0349. The zero-order valence-corrected chi connectivity index (χ0v) is 13.6. The summed E-state index contributed by atoms with van der Waals surface area (Å²) in [5.41, 5.74) is 2.57. The number of nitriles is 1. The van der Waals surface area contributed by atoms with Crippen molar-refractivity contribution in [1.29, 1.82) is 5.26 Å². The molecule has 2 aromatic carbocycles. The van der Waals surface area contributed by atoms with Crippen molar-refractivity contribution in [2.75, 3.05) is 11.1 Å². The molecule has 1 unspecified atom stereocenters. The molecule has 0 saturated carbocycles. The molecule has 0 aliphatic carbocycles. The highest BCUT2D eigenvalue weighted by Crippen LogP contribution is 2.31. The van der Waals surface area contributed by atoms with Gasteiger partial charge in [0.25, 0.3) is 0 Å². The Morgan fingerprint density at radius 1 is 1.24 bits per heavy atom. The molecule has 0 heterocycles. The molecule has 0 aromatic heterocycles. The lowest BCUT2D eigenvalue weighted by Gasteiger charge is -2.18. The third-order valence-corrected chi connectivity index (χ3v) is 4.47. The summed E-state index contributed by atoms with van der Waals surface area (Å²) in [4.78, 5) is 1.01. The Bertz CT molecular complexity index is 664. The average Bonchev–Trinajstić information content (AvgIpc) is 2.48. The van der Waals surface area contributed by atoms with E-state index in [0.717, 1.165) is 26.9 Å². The van der Waals surface area contributed by atoms with Gasteiger partial charge in [0.15, 0.2) is 0 Å². The summed E-state index contributed by atoms with van der Waals surface area (Å²) in [6.07, 6.45) is 0. The van der Waals surface area contributed by atoms with Crippen molar-refractivity contribution in [3.05, 3.63) is 58.6 Å². The van der Waals surface area contributed by atoms with Gasteiger partial charge in [-0.1, -0.05) is 42.8 Å². The van der Waals surface area contributed by atoms with Gasteiger partial charge in [0.05, 0.1) is 17.3 Å². The Morgan fingerprint density at radius 3 is 2.67 bits per heavy atom. The molecular formula is C17H17ClN2S. The van der Waals surface area contributed by atoms with E-state index in [9.17, 15) is 5.26 Å². The SMILES string of the molecule is CCSc1cccc(NC(C)c2ccccc2Cl)c1C#N. The van der Waals surface area contributed by atoms with Crippen LogP contribution in [0, 0.1) is 11.3 Å². The predicted molar refractivity (Wildman–Crippen MR) is 91.0 cm³/mol. The molecule has 21 heavy (non-hydrogen) atoms. The molecule has 1 N–H and O–H groups in total. The second kappa shape index (κ2) is 7.40. The van der Waals surface area contributed by atoms with Crippen molar-refractivity contribution in [2.24, 2.45) is 0 Å². The first kappa shape index (κ1) is 15.8. The average molecular weight is 317 g/mol. The monoisotopic (exact) mass is 316 g/mol. The van der Waals surface area contributed by atoms with E-state index in [1.54, 1.807) is 11.8 Å². The summed E-state index contributed by atoms with van der Waals surface area (Å²) in [5.74, 6) is 0.943. The van der Waals surface area contributed by atoms with E-state index in [4.69, 9.17) is 11.6 Å². The van der Waals surface area contributed by atoms with Gasteiger partial charge < -0.3 is 5.32 Å². The number of hydrogen-bond donors (Lipinski definition) is 1. The van der Waals surface area contributed by atoms with Crippen LogP contribution < -0.4 is 5.32 Å². The van der Waals surface area contributed by atoms with Crippen LogP contribution in [-0.2, 0) is 0 Å². The van der Waals surface area contributed by atoms with Crippen LogP contribution in [-0.4, -0.2) is 5.75 Å². The minimum Gasteiger partial charge on any atom is -0.377 e. The van der Waals surface area contributed by atoms with E-state index in [-0.39, 0.29) is 6.04 Å². The standard InChI is InChI=1S/C17H17ClN2S/c1-3-21-17-10-6-9-16(14(17)11-19)20-12(2)13-7-4-5-8-15(13)18/h4-10,12,20H,3H2,1-2H3. The van der Waals surface area contributed by atoms with Crippen molar-refractivity contribution in [2.45, 2.75) is 24.8 Å². The van der Waals surface area contributed by atoms with Gasteiger partial charge in [-0.05, 0) is 36.4 Å². The zero-order chi connectivity index (χ0) is 15.2. The van der Waals surface area contributed by atoms with Crippen LogP contribution in [0.3, 0.4) is 0 Å². The van der Waals surface area contributed by atoms with Gasteiger partial charge in [-0.3, -0.25) is 0 Å². The normalized spacial score (nSPS) is 11.7. The van der Waals surface area contributed by atoms with Crippen molar-refractivity contribution in [3.63, 3.8) is 0 Å². The summed E-state index contributed by atoms with van der Waals surface area (Å²) in [6.45, 7) is 4.13. The van der Waals surface area contributed by atoms with E-state index in [2.05, 4.69) is 18.3 Å². The molecule has 2 rings (SSSR count). The van der Waals surface area contributed by atoms with Crippen LogP contribution in [0.2, 0.25) is 5.02 Å². The number of thioether (sulfide) groups is 1. The van der Waals surface area contributed by atoms with Crippen molar-refractivity contribution in [3.8, 4) is 6.07 Å². The maximum atomic E-state index is 9.43. The molecule has 2 aromatic rings. The van der Waals surface area contributed by atoms with Crippen LogP contribution in [0.5, 0.6) is 0 Å². The topological polar surface area (TPSA) is 35.8 Å². The van der Waals surface area contributed by atoms with Crippen LogP contribution in [0.1, 0.15) is 31.0 Å². The molecule has 1 atom stereocenters. The van der Waals surface area contributed by atoms with Gasteiger partial charge in [-0.2, -0.15) is 5.26 Å². The summed E-state index contributed by atoms with van der Waals surface area (Å²) in [7, 11) is 0. The Balaban J connectivity index is 2.30. The summed E-state index contributed by atoms with van der Waals surface area (Å²) in [6, 6.07) is 16.0. The third kappa shape index (κ3) is 3.72. The lowest BCUT2D eigenvalue weighted by molar-refractivity contribution is 0.883. The number of rotatable bonds is 5. The second-order valence-electron chi connectivity index (χ2n) is 4.61. The Morgan fingerprint density at radius 2 is 2.00 bits per heavy atom. The van der Waals surface area contributed by atoms with Crippen molar-refractivity contribution < 1.29 is 0 Å². The van der Waals surface area contributed by atoms with E-state index in [0.29, 0.717) is 5.56 Å². The molecule has 0 bridgehead atoms. The number of hydrogen-bond acceptors (Lipinski definition) is 3. The third-order valence-electron chi connectivity index (χ3n) is 3.18. The van der Waals surface area contributed by atoms with E-state index < -0.39 is 0 Å². The quantitative estimate of drug-likeness (QED) is 0.740. The molecule has 0 aliphatic rings. The fourth-order valence-corrected chi connectivity index (χ4v) is 3.26. The van der Waals surface area contributed by atoms with Crippen LogP contribution >= 0.6 is 23.4 Å². The summed E-state index contributed by atoms with van der Waals surface area (Å²) < 4.78 is 0. The predicted octanol–water partition coefficient (Wildman–Crippen LogP) is 5.50. The Hall–Kier alpha value is -1.63. The Kier molecular flexibility index (Phi) is 5.55. The van der Waals surface area contributed by atoms with Gasteiger partial charge >= 0.3 is 0 Å². The smallest absolute Gasteiger partial charge is 0.102 e. The molecule has 0 amide bonds. The first-order valence-electron chi connectivity index (χ1n) is 6.84. The first-order valence-corrected chi connectivity index (χ1v) is 8.20. The highest BCUT2D eigenvalue weighted by atomic mass is 35.5. The van der Waals surface area contributed by atoms with Gasteiger partial charge in [-0.25, -0.2) is 0 Å². The lowest BCUT2D eigenvalue weighted by Crippen LogP contribution is -2.08. The van der Waals surface area contributed by atoms with Gasteiger partial charge in [0.2, 0.25) is 0 Å². The van der Waals surface area contributed by atoms with Crippen LogP contribution in [0.25, 0.3) is 0 Å². The van der Waals surface area contributed by atoms with E-state index >= 15 is 0 Å². The largest absolute Gasteiger partial charge is 0.377 e. The number of benzene rings is 2. The van der Waals surface area contributed by atoms with E-state index in [1.165, 1.54) is 0 Å². The number of anilines is 1. The van der Waals surface area contributed by atoms with Gasteiger partial charge in [0, 0.05) is 9.92 Å². The van der Waals surface area contributed by atoms with Crippen LogP contribution in [0.15, 0.2) is 47.4 Å². The highest BCUT2D eigenvalue weighted by molar-refractivity contribution is 7.99. The van der Waals surface area contributed by atoms with Gasteiger partial charge in [-0.15, -0.1) is 11.8 Å². The summed E-state index contributed by atoms with van der Waals surface area (Å²) in [5, 5.41) is 13.6. The maximum Gasteiger partial charge on any atom is 0.102 e. The molecule has 0 spiro atoms. The van der Waals surface area contributed by atoms with Crippen molar-refractivity contribution in [1.82, 2.24) is 0 Å². The second-order valence-corrected chi connectivity index (χ2v) is 6.32. The number of nitrogens with one attached hydrogen (secondary N) is 1. The zero-order valence-electron chi connectivity index (χ0n) is 12.1. The molecule has 0 aliphatic heterocycles. The molecule has 2 nitrogen and oxygen atoms in total. The molecule has 108 valence electrons. The molecule has 4 heteroatoms. The van der Waals surface area contributed by atoms with Crippen molar-refractivity contribution >= 4 is 29.1 Å². The number of halogens is 1. The minimum atomic E-state index is 0.0349.